The highest BCUT2D eigenvalue weighted by Crippen LogP contribution is 2.34. The number of rotatable bonds is 6. The van der Waals surface area contributed by atoms with Crippen molar-refractivity contribution in [3.63, 3.8) is 0 Å². The minimum absolute atomic E-state index is 0.175. The summed E-state index contributed by atoms with van der Waals surface area (Å²) in [5.74, 6) is -0.406. The van der Waals surface area contributed by atoms with Crippen molar-refractivity contribution in [2.45, 2.75) is 19.6 Å². The van der Waals surface area contributed by atoms with Crippen LogP contribution < -0.4 is 4.90 Å². The summed E-state index contributed by atoms with van der Waals surface area (Å²) in [7, 11) is 0. The number of aryl methyl sites for hydroxylation is 1. The quantitative estimate of drug-likeness (QED) is 0.455. The first-order valence-electron chi connectivity index (χ1n) is 11.8. The van der Waals surface area contributed by atoms with E-state index in [2.05, 4.69) is 0 Å². The number of ether oxygens (including phenoxy) is 1. The third kappa shape index (κ3) is 6.36. The summed E-state index contributed by atoms with van der Waals surface area (Å²) in [5, 5.41) is 9.09. The monoisotopic (exact) mass is 512 g/mol. The van der Waals surface area contributed by atoms with Crippen molar-refractivity contribution in [2.75, 3.05) is 37.8 Å². The maximum absolute atomic E-state index is 13.6. The number of aliphatic hydroxyl groups excluding tert-OH is 1. The zero-order chi connectivity index (χ0) is 26.6. The zero-order valence-corrected chi connectivity index (χ0v) is 20.3. The molecule has 1 aliphatic heterocycles. The van der Waals surface area contributed by atoms with Crippen LogP contribution in [0.2, 0.25) is 0 Å². The maximum atomic E-state index is 13.6. The van der Waals surface area contributed by atoms with Gasteiger partial charge in [0.05, 0.1) is 25.3 Å². The van der Waals surface area contributed by atoms with E-state index in [9.17, 15) is 22.8 Å². The van der Waals surface area contributed by atoms with Crippen LogP contribution in [0.4, 0.5) is 23.7 Å². The van der Waals surface area contributed by atoms with E-state index in [1.165, 1.54) is 0 Å². The molecule has 3 aromatic rings. The number of aliphatic hydroxyl groups is 1. The van der Waals surface area contributed by atoms with Crippen LogP contribution >= 0.6 is 0 Å². The van der Waals surface area contributed by atoms with Crippen LogP contribution in [-0.2, 0) is 17.5 Å². The number of ketones is 1. The van der Waals surface area contributed by atoms with Crippen LogP contribution in [0.1, 0.15) is 27.0 Å². The molecular formula is C28H27F3N2O4. The fourth-order valence-electron chi connectivity index (χ4n) is 4.23. The smallest absolute Gasteiger partial charge is 0.388 e. The first kappa shape index (κ1) is 26.4. The number of Topliss-reactive ketones (excluding diaryl/α,β-unsaturated/α-hetero) is 1. The number of benzene rings is 3. The molecule has 1 aliphatic rings. The zero-order valence-electron chi connectivity index (χ0n) is 20.3. The van der Waals surface area contributed by atoms with E-state index in [1.54, 1.807) is 71.3 Å². The molecule has 1 heterocycles. The van der Waals surface area contributed by atoms with E-state index in [4.69, 9.17) is 9.84 Å². The maximum Gasteiger partial charge on any atom is 0.416 e. The van der Waals surface area contributed by atoms with Crippen LogP contribution in [0.3, 0.4) is 0 Å². The molecule has 9 heteroatoms. The Morgan fingerprint density at radius 1 is 0.973 bits per heavy atom. The number of morpholine rings is 1. The number of hydrogen-bond acceptors (Lipinski definition) is 4. The Morgan fingerprint density at radius 2 is 1.68 bits per heavy atom. The fraction of sp³-hybridized carbons (Fsp3) is 0.286. The van der Waals surface area contributed by atoms with Gasteiger partial charge in [-0.05, 0) is 53.4 Å². The van der Waals surface area contributed by atoms with Gasteiger partial charge in [0.15, 0.2) is 5.78 Å². The Morgan fingerprint density at radius 3 is 2.32 bits per heavy atom. The first-order valence-corrected chi connectivity index (χ1v) is 11.8. The molecule has 3 aromatic carbocycles. The van der Waals surface area contributed by atoms with Gasteiger partial charge in [-0.15, -0.1) is 0 Å². The van der Waals surface area contributed by atoms with Gasteiger partial charge in [0.25, 0.3) is 0 Å². The van der Waals surface area contributed by atoms with Gasteiger partial charge < -0.3 is 14.7 Å². The molecule has 1 fully saturated rings. The van der Waals surface area contributed by atoms with Gasteiger partial charge in [0, 0.05) is 24.3 Å². The Bertz CT molecular complexity index is 1270. The molecule has 0 unspecified atom stereocenters. The highest BCUT2D eigenvalue weighted by Gasteiger charge is 2.31. The number of alkyl halides is 3. The van der Waals surface area contributed by atoms with Crippen molar-refractivity contribution < 1.29 is 32.6 Å². The Labute approximate surface area is 212 Å². The molecule has 4 rings (SSSR count). The molecule has 37 heavy (non-hydrogen) atoms. The Balaban J connectivity index is 1.70. The third-order valence-corrected chi connectivity index (χ3v) is 6.17. The molecule has 0 bridgehead atoms. The van der Waals surface area contributed by atoms with Gasteiger partial charge in [-0.2, -0.15) is 13.2 Å². The van der Waals surface area contributed by atoms with Gasteiger partial charge >= 0.3 is 12.2 Å². The van der Waals surface area contributed by atoms with Crippen molar-refractivity contribution in [3.05, 3.63) is 89.0 Å². The van der Waals surface area contributed by atoms with Crippen molar-refractivity contribution in [2.24, 2.45) is 0 Å². The molecule has 0 aromatic heterocycles. The van der Waals surface area contributed by atoms with Crippen LogP contribution in [-0.4, -0.2) is 54.7 Å². The lowest BCUT2D eigenvalue weighted by molar-refractivity contribution is -0.137. The lowest BCUT2D eigenvalue weighted by Crippen LogP contribution is -2.48. The van der Waals surface area contributed by atoms with Gasteiger partial charge in [-0.1, -0.05) is 42.5 Å². The first-order chi connectivity index (χ1) is 17.7. The minimum atomic E-state index is -4.47. The minimum Gasteiger partial charge on any atom is -0.388 e. The molecule has 0 radical (unpaired) electrons. The van der Waals surface area contributed by atoms with E-state index in [0.717, 1.165) is 17.7 Å². The lowest BCUT2D eigenvalue weighted by atomic mass is 9.99. The number of nitrogens with zero attached hydrogens (tertiary/aromatic N) is 2. The largest absolute Gasteiger partial charge is 0.416 e. The van der Waals surface area contributed by atoms with Crippen LogP contribution in [0.5, 0.6) is 0 Å². The average molecular weight is 513 g/mol. The van der Waals surface area contributed by atoms with E-state index in [1.807, 2.05) is 0 Å². The summed E-state index contributed by atoms with van der Waals surface area (Å²) >= 11 is 0. The van der Waals surface area contributed by atoms with Crippen molar-refractivity contribution >= 4 is 17.5 Å². The second kappa shape index (κ2) is 11.1. The summed E-state index contributed by atoms with van der Waals surface area (Å²) in [4.78, 5) is 28.6. The molecule has 0 spiro atoms. The molecule has 6 nitrogen and oxygen atoms in total. The second-order valence-corrected chi connectivity index (χ2v) is 8.88. The molecular weight excluding hydrogens is 485 g/mol. The number of halogens is 3. The summed E-state index contributed by atoms with van der Waals surface area (Å²) in [6.07, 6.45) is -4.47. The SMILES string of the molecule is Cc1cc(-c2cccc(N(Cc3ccc(C(=O)CO)cc3)C(=O)N3CCOCC3)c2)cc(C(F)(F)F)c1. The van der Waals surface area contributed by atoms with Crippen molar-refractivity contribution in [3.8, 4) is 11.1 Å². The van der Waals surface area contributed by atoms with Gasteiger partial charge in [0.1, 0.15) is 6.61 Å². The standard InChI is InChI=1S/C28H27F3N2O4/c1-19-13-23(15-24(14-19)28(29,30)31)22-3-2-4-25(16-22)33(27(36)32-9-11-37-12-10-32)17-20-5-7-21(8-6-20)26(35)18-34/h2-8,13-16,34H,9-12,17-18H2,1H3. The molecule has 0 saturated carbocycles. The molecule has 2 amide bonds. The summed E-state index contributed by atoms with van der Waals surface area (Å²) < 4.78 is 45.6. The van der Waals surface area contributed by atoms with E-state index in [-0.39, 0.29) is 12.6 Å². The average Bonchev–Trinajstić information content (AvgIpc) is 2.91. The van der Waals surface area contributed by atoms with Gasteiger partial charge in [-0.25, -0.2) is 4.79 Å². The third-order valence-electron chi connectivity index (χ3n) is 6.17. The normalized spacial score (nSPS) is 13.9. The predicted molar refractivity (Wildman–Crippen MR) is 133 cm³/mol. The number of anilines is 1. The van der Waals surface area contributed by atoms with Crippen molar-refractivity contribution in [1.29, 1.82) is 0 Å². The van der Waals surface area contributed by atoms with Crippen LogP contribution in [0, 0.1) is 6.92 Å². The van der Waals surface area contributed by atoms with Crippen LogP contribution in [0.25, 0.3) is 11.1 Å². The van der Waals surface area contributed by atoms with Crippen molar-refractivity contribution in [1.82, 2.24) is 4.90 Å². The fourth-order valence-corrected chi connectivity index (χ4v) is 4.23. The predicted octanol–water partition coefficient (Wildman–Crippen LogP) is 5.31. The number of hydrogen-bond donors (Lipinski definition) is 1. The molecule has 194 valence electrons. The van der Waals surface area contributed by atoms with E-state index in [0.29, 0.717) is 54.2 Å². The number of carbonyl (C=O) groups excluding carboxylic acids is 2. The number of urea groups is 1. The Hall–Kier alpha value is -3.69. The molecule has 1 saturated heterocycles. The Kier molecular flexibility index (Phi) is 7.94. The summed E-state index contributed by atoms with van der Waals surface area (Å²) in [6.45, 7) is 2.87. The highest BCUT2D eigenvalue weighted by atomic mass is 19.4. The topological polar surface area (TPSA) is 70.1 Å². The van der Waals surface area contributed by atoms with E-state index >= 15 is 0 Å². The highest BCUT2D eigenvalue weighted by molar-refractivity contribution is 5.97. The molecule has 0 atom stereocenters. The van der Waals surface area contributed by atoms with Gasteiger partial charge in [0.2, 0.25) is 0 Å². The number of amides is 2. The molecule has 1 N–H and O–H groups in total. The van der Waals surface area contributed by atoms with Gasteiger partial charge in [-0.3, -0.25) is 9.69 Å². The second-order valence-electron chi connectivity index (χ2n) is 8.88. The lowest BCUT2D eigenvalue weighted by Gasteiger charge is -2.33. The molecule has 0 aliphatic carbocycles. The summed E-state index contributed by atoms with van der Waals surface area (Å²) in [5.41, 5.74) is 2.34. The van der Waals surface area contributed by atoms with Crippen LogP contribution in [0.15, 0.2) is 66.7 Å². The van der Waals surface area contributed by atoms with E-state index < -0.39 is 24.1 Å². The summed E-state index contributed by atoms with van der Waals surface area (Å²) in [6, 6.07) is 17.1. The number of carbonyl (C=O) groups is 2.